The smallest absolute Gasteiger partial charge is 0.194 e. The lowest BCUT2D eigenvalue weighted by Gasteiger charge is -2.37. The lowest BCUT2D eigenvalue weighted by Crippen LogP contribution is -2.52. The first-order valence-corrected chi connectivity index (χ1v) is 10.3. The number of benzene rings is 2. The molecule has 1 N–H and O–H groups in total. The predicted molar refractivity (Wildman–Crippen MR) is 121 cm³/mol. The van der Waals surface area contributed by atoms with Crippen molar-refractivity contribution in [1.29, 1.82) is 0 Å². The highest BCUT2D eigenvalue weighted by atomic mass is 16.5. The van der Waals surface area contributed by atoms with Crippen LogP contribution >= 0.6 is 0 Å². The summed E-state index contributed by atoms with van der Waals surface area (Å²) >= 11 is 0. The predicted octanol–water partition coefficient (Wildman–Crippen LogP) is 3.00. The Kier molecular flexibility index (Phi) is 7.65. The Morgan fingerprint density at radius 3 is 2.27 bits per heavy atom. The molecule has 1 fully saturated rings. The van der Waals surface area contributed by atoms with Crippen LogP contribution in [0.1, 0.15) is 12.5 Å². The minimum Gasteiger partial charge on any atom is -0.497 e. The van der Waals surface area contributed by atoms with Gasteiger partial charge in [-0.25, -0.2) is 4.99 Å². The molecule has 2 aromatic rings. The van der Waals surface area contributed by atoms with Crippen molar-refractivity contribution in [3.05, 3.63) is 48.0 Å². The fourth-order valence-electron chi connectivity index (χ4n) is 3.63. The summed E-state index contributed by atoms with van der Waals surface area (Å²) in [6.07, 6.45) is 0. The van der Waals surface area contributed by atoms with Gasteiger partial charge in [0, 0.05) is 44.0 Å². The van der Waals surface area contributed by atoms with Gasteiger partial charge in [0.05, 0.1) is 27.9 Å². The number of nitrogens with zero attached hydrogens (tertiary/aromatic N) is 3. The number of hydrogen-bond acceptors (Lipinski definition) is 5. The van der Waals surface area contributed by atoms with Crippen LogP contribution in [0, 0.1) is 0 Å². The number of piperazine rings is 1. The molecule has 162 valence electrons. The zero-order chi connectivity index (χ0) is 21.3. The maximum Gasteiger partial charge on any atom is 0.194 e. The molecule has 7 nitrogen and oxygen atoms in total. The first-order chi connectivity index (χ1) is 14.7. The summed E-state index contributed by atoms with van der Waals surface area (Å²) in [7, 11) is 5.00. The van der Waals surface area contributed by atoms with E-state index in [1.807, 2.05) is 30.3 Å². The number of methoxy groups -OCH3 is 3. The molecule has 1 saturated heterocycles. The van der Waals surface area contributed by atoms with Crippen molar-refractivity contribution >= 4 is 11.6 Å². The number of hydrogen-bond donors (Lipinski definition) is 1. The zero-order valence-corrected chi connectivity index (χ0v) is 18.4. The average molecular weight is 413 g/mol. The number of ether oxygens (including phenoxy) is 3. The van der Waals surface area contributed by atoms with E-state index in [-0.39, 0.29) is 0 Å². The third kappa shape index (κ3) is 5.09. The largest absolute Gasteiger partial charge is 0.497 e. The van der Waals surface area contributed by atoms with Gasteiger partial charge in [0.1, 0.15) is 5.75 Å². The maximum atomic E-state index is 5.54. The second kappa shape index (κ2) is 10.6. The van der Waals surface area contributed by atoms with E-state index in [9.17, 15) is 0 Å². The van der Waals surface area contributed by atoms with E-state index < -0.39 is 0 Å². The molecule has 30 heavy (non-hydrogen) atoms. The van der Waals surface area contributed by atoms with E-state index in [1.54, 1.807) is 21.3 Å². The van der Waals surface area contributed by atoms with Gasteiger partial charge in [-0.05, 0) is 37.3 Å². The van der Waals surface area contributed by atoms with Crippen molar-refractivity contribution in [2.24, 2.45) is 4.99 Å². The van der Waals surface area contributed by atoms with Gasteiger partial charge in [0.25, 0.3) is 0 Å². The van der Waals surface area contributed by atoms with Crippen LogP contribution in [0.25, 0.3) is 0 Å². The molecule has 1 heterocycles. The van der Waals surface area contributed by atoms with Gasteiger partial charge in [0.2, 0.25) is 0 Å². The molecule has 0 unspecified atom stereocenters. The number of nitrogens with one attached hydrogen (secondary N) is 1. The fourth-order valence-corrected chi connectivity index (χ4v) is 3.63. The number of guanidine groups is 1. The third-order valence-electron chi connectivity index (χ3n) is 5.24. The van der Waals surface area contributed by atoms with Crippen LogP contribution in [0.15, 0.2) is 47.5 Å². The molecule has 0 saturated carbocycles. The van der Waals surface area contributed by atoms with Crippen molar-refractivity contribution in [3.63, 3.8) is 0 Å². The number of rotatable bonds is 7. The molecular weight excluding hydrogens is 380 g/mol. The molecular formula is C23H32N4O3. The summed E-state index contributed by atoms with van der Waals surface area (Å²) in [5, 5.41) is 3.43. The van der Waals surface area contributed by atoms with E-state index in [2.05, 4.69) is 34.2 Å². The van der Waals surface area contributed by atoms with Gasteiger partial charge in [-0.2, -0.15) is 0 Å². The minimum absolute atomic E-state index is 0.529. The average Bonchev–Trinajstić information content (AvgIpc) is 2.81. The van der Waals surface area contributed by atoms with Crippen molar-refractivity contribution in [1.82, 2.24) is 10.2 Å². The van der Waals surface area contributed by atoms with Crippen LogP contribution in [-0.2, 0) is 6.54 Å². The first-order valence-electron chi connectivity index (χ1n) is 10.3. The Hall–Kier alpha value is -3.09. The van der Waals surface area contributed by atoms with Gasteiger partial charge in [0.15, 0.2) is 17.5 Å². The lowest BCUT2D eigenvalue weighted by molar-refractivity contribution is 0.351. The molecule has 0 bridgehead atoms. The normalized spacial score (nSPS) is 14.5. The van der Waals surface area contributed by atoms with Gasteiger partial charge < -0.3 is 29.3 Å². The first kappa shape index (κ1) is 21.6. The highest BCUT2D eigenvalue weighted by Crippen LogP contribution is 2.31. The molecule has 0 aromatic heterocycles. The minimum atomic E-state index is 0.529. The number of anilines is 1. The number of aliphatic imine (C=N–C) groups is 1. The summed E-state index contributed by atoms with van der Waals surface area (Å²) in [5.74, 6) is 3.27. The van der Waals surface area contributed by atoms with Gasteiger partial charge in [-0.1, -0.05) is 12.1 Å². The summed E-state index contributed by atoms with van der Waals surface area (Å²) in [4.78, 5) is 9.58. The molecule has 7 heteroatoms. The fraction of sp³-hybridized carbons (Fsp3) is 0.435. The highest BCUT2D eigenvalue weighted by molar-refractivity contribution is 5.80. The van der Waals surface area contributed by atoms with E-state index in [0.29, 0.717) is 6.54 Å². The second-order valence-electron chi connectivity index (χ2n) is 6.99. The molecule has 3 rings (SSSR count). The summed E-state index contributed by atoms with van der Waals surface area (Å²) in [6, 6.07) is 14.1. The summed E-state index contributed by atoms with van der Waals surface area (Å²) < 4.78 is 16.2. The Labute approximate surface area is 179 Å². The zero-order valence-electron chi connectivity index (χ0n) is 18.4. The van der Waals surface area contributed by atoms with Crippen LogP contribution < -0.4 is 24.4 Å². The van der Waals surface area contributed by atoms with Gasteiger partial charge >= 0.3 is 0 Å². The maximum absolute atomic E-state index is 5.54. The van der Waals surface area contributed by atoms with Crippen molar-refractivity contribution in [3.8, 4) is 17.2 Å². The topological polar surface area (TPSA) is 58.6 Å². The molecule has 1 aliphatic heterocycles. The van der Waals surface area contributed by atoms with Crippen LogP contribution in [0.5, 0.6) is 17.2 Å². The molecule has 0 radical (unpaired) electrons. The van der Waals surface area contributed by atoms with Gasteiger partial charge in [-0.3, -0.25) is 0 Å². The van der Waals surface area contributed by atoms with Gasteiger partial charge in [-0.15, -0.1) is 0 Å². The summed E-state index contributed by atoms with van der Waals surface area (Å²) in [5.41, 5.74) is 2.22. The SMILES string of the molecule is CCNC(=NCc1cccc(OC)c1OC)N1CCN(c2ccc(OC)cc2)CC1. The van der Waals surface area contributed by atoms with E-state index in [1.165, 1.54) is 5.69 Å². The lowest BCUT2D eigenvalue weighted by atomic mass is 10.2. The molecule has 0 aliphatic carbocycles. The molecule has 0 atom stereocenters. The van der Waals surface area contributed by atoms with Crippen molar-refractivity contribution < 1.29 is 14.2 Å². The third-order valence-corrected chi connectivity index (χ3v) is 5.24. The standard InChI is InChI=1S/C23H32N4O3/c1-5-24-23(25-17-18-7-6-8-21(29-3)22(18)30-4)27-15-13-26(14-16-27)19-9-11-20(28-2)12-10-19/h6-12H,5,13-17H2,1-4H3,(H,24,25). The monoisotopic (exact) mass is 412 g/mol. The van der Waals surface area contributed by atoms with E-state index >= 15 is 0 Å². The highest BCUT2D eigenvalue weighted by Gasteiger charge is 2.20. The molecule has 0 spiro atoms. The van der Waals surface area contributed by atoms with Crippen molar-refractivity contribution in [2.45, 2.75) is 13.5 Å². The number of para-hydroxylation sites is 1. The second-order valence-corrected chi connectivity index (χ2v) is 6.99. The molecule has 2 aromatic carbocycles. The van der Waals surface area contributed by atoms with E-state index in [4.69, 9.17) is 19.2 Å². The van der Waals surface area contributed by atoms with Crippen LogP contribution in [0.4, 0.5) is 5.69 Å². The quantitative estimate of drug-likeness (QED) is 0.557. The summed E-state index contributed by atoms with van der Waals surface area (Å²) in [6.45, 7) is 7.15. The van der Waals surface area contributed by atoms with E-state index in [0.717, 1.165) is 61.5 Å². The Bertz CT molecular complexity index is 831. The Morgan fingerprint density at radius 2 is 1.67 bits per heavy atom. The van der Waals surface area contributed by atoms with Crippen molar-refractivity contribution in [2.75, 3.05) is 59.0 Å². The Morgan fingerprint density at radius 1 is 0.933 bits per heavy atom. The van der Waals surface area contributed by atoms with Crippen LogP contribution in [-0.4, -0.2) is 64.9 Å². The van der Waals surface area contributed by atoms with Crippen LogP contribution in [0.2, 0.25) is 0 Å². The molecule has 1 aliphatic rings. The molecule has 0 amide bonds. The van der Waals surface area contributed by atoms with Crippen LogP contribution in [0.3, 0.4) is 0 Å². The Balaban J connectivity index is 1.67.